The summed E-state index contributed by atoms with van der Waals surface area (Å²) in [4.78, 5) is 8.33. The number of halogens is 4. The van der Waals surface area contributed by atoms with Crippen LogP contribution < -0.4 is 0 Å². The first-order valence-electron chi connectivity index (χ1n) is 9.56. The van der Waals surface area contributed by atoms with E-state index >= 15 is 0 Å². The molecule has 0 saturated carbocycles. The Labute approximate surface area is 208 Å². The summed E-state index contributed by atoms with van der Waals surface area (Å²) < 4.78 is 51.1. The van der Waals surface area contributed by atoms with E-state index in [-0.39, 0.29) is 16.7 Å². The first kappa shape index (κ1) is 25.6. The number of methoxy groups -OCH3 is 1. The molecule has 1 saturated heterocycles. The fourth-order valence-electron chi connectivity index (χ4n) is 3.39. The topological polar surface area (TPSA) is 115 Å². The van der Waals surface area contributed by atoms with Crippen LogP contribution in [0.3, 0.4) is 0 Å². The van der Waals surface area contributed by atoms with Crippen molar-refractivity contribution in [2.45, 2.75) is 45.1 Å². The van der Waals surface area contributed by atoms with E-state index in [0.29, 0.717) is 20.8 Å². The maximum atomic E-state index is 12.8. The Morgan fingerprint density at radius 1 is 1.32 bits per heavy atom. The van der Waals surface area contributed by atoms with Crippen molar-refractivity contribution in [1.82, 2.24) is 25.0 Å². The van der Waals surface area contributed by atoms with Gasteiger partial charge in [-0.05, 0) is 17.8 Å². The average molecular weight is 556 g/mol. The number of thioether (sulfide) groups is 2. The number of aliphatic hydroxyl groups excluding tert-OH is 2. The molecule has 1 aliphatic rings. The highest BCUT2D eigenvalue weighted by Gasteiger charge is 2.47. The molecule has 0 spiro atoms. The van der Waals surface area contributed by atoms with Crippen molar-refractivity contribution in [2.24, 2.45) is 0 Å². The van der Waals surface area contributed by atoms with Crippen molar-refractivity contribution >= 4 is 46.5 Å². The number of nitrogens with zero attached hydrogens (tertiary/aromatic N) is 5. The monoisotopic (exact) mass is 555 g/mol. The summed E-state index contributed by atoms with van der Waals surface area (Å²) in [7, 11) is 1.41. The largest absolute Gasteiger partial charge is 0.446 e. The summed E-state index contributed by atoms with van der Waals surface area (Å²) in [6, 6.07) is 0.505. The lowest BCUT2D eigenvalue weighted by Crippen LogP contribution is -2.55. The Morgan fingerprint density at radius 3 is 2.74 bits per heavy atom. The number of thiazole rings is 1. The van der Waals surface area contributed by atoms with Gasteiger partial charge in [-0.25, -0.2) is 9.67 Å². The number of hydrogen-bond acceptors (Lipinski definition) is 11. The molecule has 2 N–H and O–H groups in total. The third-order valence-electron chi connectivity index (χ3n) is 4.78. The molecule has 0 aliphatic carbocycles. The van der Waals surface area contributed by atoms with Crippen LogP contribution in [0, 0.1) is 0 Å². The zero-order valence-corrected chi connectivity index (χ0v) is 20.4. The van der Waals surface area contributed by atoms with Gasteiger partial charge in [0.05, 0.1) is 12.8 Å². The van der Waals surface area contributed by atoms with Crippen molar-refractivity contribution in [1.29, 1.82) is 0 Å². The minimum atomic E-state index is -4.45. The number of hydrogen-bond donors (Lipinski definition) is 2. The van der Waals surface area contributed by atoms with E-state index in [0.717, 1.165) is 18.0 Å². The molecule has 0 amide bonds. The summed E-state index contributed by atoms with van der Waals surface area (Å²) in [6.07, 6.45) is 1.05. The molecule has 2 unspecified atom stereocenters. The lowest BCUT2D eigenvalue weighted by atomic mass is 9.97. The Bertz CT molecular complexity index is 1120. The quantitative estimate of drug-likeness (QED) is 0.420. The highest BCUT2D eigenvalue weighted by molar-refractivity contribution is 8.00. The predicted octanol–water partition coefficient (Wildman–Crippen LogP) is 3.49. The van der Waals surface area contributed by atoms with Gasteiger partial charge >= 0.3 is 5.51 Å². The highest BCUT2D eigenvalue weighted by Crippen LogP contribution is 2.42. The first-order chi connectivity index (χ1) is 16.2. The van der Waals surface area contributed by atoms with Crippen molar-refractivity contribution in [2.75, 3.05) is 13.7 Å². The second-order valence-electron chi connectivity index (χ2n) is 6.99. The predicted molar refractivity (Wildman–Crippen MR) is 120 cm³/mol. The van der Waals surface area contributed by atoms with Gasteiger partial charge in [-0.15, -0.1) is 16.4 Å². The lowest BCUT2D eigenvalue weighted by Gasteiger charge is -2.43. The van der Waals surface area contributed by atoms with Gasteiger partial charge in [0.1, 0.15) is 45.6 Å². The summed E-state index contributed by atoms with van der Waals surface area (Å²) >= 11 is 7.94. The molecule has 9 nitrogen and oxygen atoms in total. The maximum absolute atomic E-state index is 12.8. The number of alkyl halides is 3. The fraction of sp³-hybridized carbons (Fsp3) is 0.444. The zero-order valence-electron chi connectivity index (χ0n) is 17.2. The number of rotatable bonds is 7. The Morgan fingerprint density at radius 2 is 2.09 bits per heavy atom. The van der Waals surface area contributed by atoms with Gasteiger partial charge in [0, 0.05) is 34.7 Å². The van der Waals surface area contributed by atoms with Crippen LogP contribution in [0.2, 0.25) is 5.15 Å². The smallest absolute Gasteiger partial charge is 0.394 e. The van der Waals surface area contributed by atoms with E-state index in [9.17, 15) is 23.4 Å². The molecule has 4 rings (SSSR count). The lowest BCUT2D eigenvalue weighted by molar-refractivity contribution is -0.186. The van der Waals surface area contributed by atoms with Crippen LogP contribution in [0.15, 0.2) is 39.8 Å². The van der Waals surface area contributed by atoms with Crippen LogP contribution in [-0.4, -0.2) is 78.1 Å². The Kier molecular flexibility index (Phi) is 8.03. The van der Waals surface area contributed by atoms with Crippen LogP contribution in [0.5, 0.6) is 0 Å². The van der Waals surface area contributed by atoms with Gasteiger partial charge in [-0.2, -0.15) is 13.2 Å². The molecule has 1 aliphatic heterocycles. The Balaban J connectivity index is 1.61. The van der Waals surface area contributed by atoms with Gasteiger partial charge in [-0.3, -0.25) is 4.98 Å². The SMILES string of the molecule is COC1[C@@H](Sc2cncc(SC(F)(F)F)c2)OC(CO)[C@H](O)[C@@H]1n1cc(-c2nc(Cl)cs2)nn1. The summed E-state index contributed by atoms with van der Waals surface area (Å²) in [6.45, 7) is -0.503. The second kappa shape index (κ2) is 10.7. The van der Waals surface area contributed by atoms with Crippen LogP contribution >= 0.6 is 46.5 Å². The molecule has 184 valence electrons. The molecular formula is C18H17ClF3N5O4S3. The number of ether oxygens (including phenoxy) is 2. The van der Waals surface area contributed by atoms with E-state index in [4.69, 9.17) is 21.1 Å². The molecule has 3 aromatic heterocycles. The molecule has 16 heteroatoms. The van der Waals surface area contributed by atoms with Gasteiger partial charge in [0.15, 0.2) is 0 Å². The molecule has 5 atom stereocenters. The Hall–Kier alpha value is -1.46. The van der Waals surface area contributed by atoms with Gasteiger partial charge in [-0.1, -0.05) is 28.6 Å². The molecule has 0 aromatic carbocycles. The van der Waals surface area contributed by atoms with Crippen LogP contribution in [0.1, 0.15) is 6.04 Å². The van der Waals surface area contributed by atoms with Crippen molar-refractivity contribution in [3.63, 3.8) is 0 Å². The summed E-state index contributed by atoms with van der Waals surface area (Å²) in [5.74, 6) is 0. The molecule has 34 heavy (non-hydrogen) atoms. The van der Waals surface area contributed by atoms with Gasteiger partial charge in [0.25, 0.3) is 0 Å². The third kappa shape index (κ3) is 5.84. The number of aliphatic hydroxyl groups is 2. The van der Waals surface area contributed by atoms with Crippen LogP contribution in [0.25, 0.3) is 10.7 Å². The third-order valence-corrected chi connectivity index (χ3v) is 7.77. The molecule has 3 aromatic rings. The van der Waals surface area contributed by atoms with Crippen molar-refractivity contribution < 1.29 is 32.9 Å². The molecule has 4 heterocycles. The maximum Gasteiger partial charge on any atom is 0.446 e. The number of pyridine rings is 1. The van der Waals surface area contributed by atoms with E-state index in [1.54, 1.807) is 11.6 Å². The van der Waals surface area contributed by atoms with E-state index in [1.165, 1.54) is 35.4 Å². The second-order valence-corrected chi connectivity index (χ2v) is 10.5. The normalized spacial score (nSPS) is 25.6. The summed E-state index contributed by atoms with van der Waals surface area (Å²) in [5, 5.41) is 31.3. The summed E-state index contributed by atoms with van der Waals surface area (Å²) in [5.41, 5.74) is -4.84. The standard InChI is InChI=1S/C18H17ClF3N5O4S3/c1-30-15-13(27-5-10(25-26-27)16-24-12(19)7-32-16)14(29)11(6-28)31-17(15)33-8-2-9(4-23-3-8)34-18(20,21)22/h2-5,7,11,13-15,17,28-29H,6H2,1H3/t11?,13-,14-,15?,17+/m0/s1. The van der Waals surface area contributed by atoms with E-state index in [1.807, 2.05) is 0 Å². The van der Waals surface area contributed by atoms with Crippen molar-refractivity contribution in [3.05, 3.63) is 35.2 Å². The van der Waals surface area contributed by atoms with Crippen LogP contribution in [0.4, 0.5) is 13.2 Å². The first-order valence-corrected chi connectivity index (χ1v) is 12.5. The number of aromatic nitrogens is 5. The minimum Gasteiger partial charge on any atom is -0.394 e. The highest BCUT2D eigenvalue weighted by atomic mass is 35.5. The van der Waals surface area contributed by atoms with Gasteiger partial charge < -0.3 is 19.7 Å². The molecule has 0 bridgehead atoms. The average Bonchev–Trinajstić information content (AvgIpc) is 3.42. The zero-order chi connectivity index (χ0) is 24.5. The fourth-order valence-corrected chi connectivity index (χ4v) is 6.11. The van der Waals surface area contributed by atoms with Crippen molar-refractivity contribution in [3.8, 4) is 10.7 Å². The van der Waals surface area contributed by atoms with E-state index in [2.05, 4.69) is 20.3 Å². The van der Waals surface area contributed by atoms with Gasteiger partial charge in [0.2, 0.25) is 0 Å². The van der Waals surface area contributed by atoms with E-state index < -0.39 is 41.9 Å². The minimum absolute atomic E-state index is 0.0828. The van der Waals surface area contributed by atoms with Crippen LogP contribution in [-0.2, 0) is 9.47 Å². The molecular weight excluding hydrogens is 539 g/mol. The molecule has 1 fully saturated rings. The molecule has 0 radical (unpaired) electrons.